The van der Waals surface area contributed by atoms with Crippen LogP contribution < -0.4 is 0 Å². The first kappa shape index (κ1) is 18.5. The molecule has 0 aliphatic carbocycles. The molecule has 1 nitrogen and oxygen atoms in total. The first-order chi connectivity index (χ1) is 1.00. The van der Waals surface area contributed by atoms with E-state index in [4.69, 9.17) is 0 Å². The van der Waals surface area contributed by atoms with Gasteiger partial charge >= 0.3 is 25.2 Å². The molecule has 2 N–H and O–H groups in total. The Balaban J connectivity index is -0.00000000500. The van der Waals surface area contributed by atoms with Crippen LogP contribution in [0, 0.1) is 0 Å². The van der Waals surface area contributed by atoms with Crippen molar-refractivity contribution in [1.82, 2.24) is 0 Å². The van der Waals surface area contributed by atoms with Crippen molar-refractivity contribution < 1.29 is 20.6 Å². The van der Waals surface area contributed by atoms with Gasteiger partial charge in [-0.25, -0.2) is 0 Å². The van der Waals surface area contributed by atoms with Crippen molar-refractivity contribution in [2.45, 2.75) is 0 Å². The summed E-state index contributed by atoms with van der Waals surface area (Å²) in [6.45, 7) is 0. The Morgan fingerprint density at radius 2 is 1.25 bits per heavy atom. The number of halogens is 1. The van der Waals surface area contributed by atoms with Gasteiger partial charge in [0, 0.05) is 0 Å². The summed E-state index contributed by atoms with van der Waals surface area (Å²) in [5.74, 6) is 0. The fourth-order valence-electron chi connectivity index (χ4n) is 0. The van der Waals surface area contributed by atoms with E-state index in [1.54, 1.807) is 0 Å². The molecule has 0 unspecified atom stereocenters. The third-order valence-electron chi connectivity index (χ3n) is 0. The third-order valence-corrected chi connectivity index (χ3v) is 0. The molecule has 0 aromatic heterocycles. The van der Waals surface area contributed by atoms with Crippen LogP contribution in [0.15, 0.2) is 0 Å². The topological polar surface area (TPSA) is 31.5 Å². The summed E-state index contributed by atoms with van der Waals surface area (Å²) in [5, 5.41) is 0. The Morgan fingerprint density at radius 1 is 1.25 bits per heavy atom. The normalized spacial score (nSPS) is 1.50. The van der Waals surface area contributed by atoms with Crippen molar-refractivity contribution >= 4 is 27.5 Å². The van der Waals surface area contributed by atoms with E-state index in [1.807, 2.05) is 0 Å². The van der Waals surface area contributed by atoms with Gasteiger partial charge in [0.2, 0.25) is 0 Å². The average Bonchev–Trinajstić information content (AvgIpc) is 1.00. The molecule has 0 aromatic carbocycles. The first-order valence-corrected chi connectivity index (χ1v) is 1.65. The summed E-state index contributed by atoms with van der Waals surface area (Å²) in [6.07, 6.45) is 0. The van der Waals surface area contributed by atoms with Crippen LogP contribution in [0.3, 0.4) is 0 Å². The molecule has 0 saturated carbocycles. The Morgan fingerprint density at radius 3 is 1.25 bits per heavy atom. The van der Waals surface area contributed by atoms with Gasteiger partial charge < -0.3 is 5.48 Å². The van der Waals surface area contributed by atoms with E-state index in [0.29, 0.717) is 0 Å². The minimum atomic E-state index is 0. The van der Waals surface area contributed by atoms with Gasteiger partial charge in [-0.3, -0.25) is 0 Å². The van der Waals surface area contributed by atoms with Crippen LogP contribution in [0.1, 0.15) is 0 Å². The molecule has 0 amide bonds. The minimum absolute atomic E-state index is 0. The molecule has 0 spiro atoms. The standard InChI is InChI=1S/Al.ClH.Fe.H2O.3H/h;1H;;1H2;;;/q;;+1;;;;/p-1. The molecular weight excluding hydrogens is 134 g/mol. The van der Waals surface area contributed by atoms with E-state index in [1.165, 1.54) is 0 Å². The monoisotopic (exact) mass is 139 g/mol. The molecule has 4 heteroatoms. The van der Waals surface area contributed by atoms with E-state index in [9.17, 15) is 0 Å². The van der Waals surface area contributed by atoms with Crippen LogP contribution in [0.5, 0.6) is 0 Å². The van der Waals surface area contributed by atoms with Gasteiger partial charge in [-0.05, 0) is 0 Å². The van der Waals surface area contributed by atoms with Crippen molar-refractivity contribution in [2.24, 2.45) is 0 Å². The van der Waals surface area contributed by atoms with Crippen LogP contribution in [0.25, 0.3) is 0 Å². The van der Waals surface area contributed by atoms with E-state index < -0.39 is 0 Å². The molecule has 0 radical (unpaired) electrons. The van der Waals surface area contributed by atoms with Gasteiger partial charge in [0.1, 0.15) is 0 Å². The third kappa shape index (κ3) is 10.3. The summed E-state index contributed by atoms with van der Waals surface area (Å²) in [6, 6.07) is 0. The molecule has 0 fully saturated rings. The molecule has 0 atom stereocenters. The number of hydrogen-bond acceptors (Lipinski definition) is 0. The molecular formula is H5AlClFeO. The van der Waals surface area contributed by atoms with Crippen molar-refractivity contribution in [3.05, 3.63) is 0 Å². The van der Waals surface area contributed by atoms with Crippen LogP contribution in [-0.2, 0) is 15.1 Å². The summed E-state index contributed by atoms with van der Waals surface area (Å²) in [5.41, 5.74) is 0. The zero-order chi connectivity index (χ0) is 2.00. The fraction of sp³-hybridized carbons (Fsp3) is 0. The quantitative estimate of drug-likeness (QED) is 0.373. The Labute approximate surface area is 48.2 Å². The zero-order valence-corrected chi connectivity index (χ0v) is 3.09. The van der Waals surface area contributed by atoms with Gasteiger partial charge in [-0.1, -0.05) is 0 Å². The fourth-order valence-corrected chi connectivity index (χ4v) is 0. The maximum absolute atomic E-state index is 4.39. The van der Waals surface area contributed by atoms with Crippen LogP contribution >= 0.6 is 10.1 Å². The Hall–Kier alpha value is 1.30. The van der Waals surface area contributed by atoms with Crippen LogP contribution in [0.4, 0.5) is 0 Å². The molecule has 4 heavy (non-hydrogen) atoms. The van der Waals surface area contributed by atoms with Crippen molar-refractivity contribution in [3.8, 4) is 0 Å². The second kappa shape index (κ2) is 27.7. The predicted octanol–water partition coefficient (Wildman–Crippen LogP) is -1.32. The molecule has 0 aliphatic heterocycles. The van der Waals surface area contributed by atoms with E-state index in [0.717, 1.165) is 0 Å². The van der Waals surface area contributed by atoms with E-state index in [2.05, 4.69) is 25.2 Å². The maximum atomic E-state index is 4.39. The molecule has 0 rings (SSSR count). The molecule has 0 saturated heterocycles. The summed E-state index contributed by atoms with van der Waals surface area (Å²) < 4.78 is 0. The van der Waals surface area contributed by atoms with Crippen LogP contribution in [-0.4, -0.2) is 22.8 Å². The van der Waals surface area contributed by atoms with Gasteiger partial charge in [0.05, 0.1) is 0 Å². The molecule has 29 valence electrons. The van der Waals surface area contributed by atoms with Gasteiger partial charge in [-0.15, -0.1) is 0 Å². The SMILES string of the molecule is O.[AlH3].[Cl][Fe]. The second-order valence-corrected chi connectivity index (χ2v) is 0. The Kier molecular flexibility index (Phi) is 128. The van der Waals surface area contributed by atoms with Crippen molar-refractivity contribution in [1.29, 1.82) is 0 Å². The molecule has 0 heterocycles. The summed E-state index contributed by atoms with van der Waals surface area (Å²) in [4.78, 5) is 0. The number of rotatable bonds is 0. The first-order valence-electron chi connectivity index (χ1n) is 0.134. The van der Waals surface area contributed by atoms with Gasteiger partial charge in [-0.2, -0.15) is 0 Å². The molecule has 0 bridgehead atoms. The predicted molar refractivity (Wildman–Crippen MR) is 19.4 cm³/mol. The molecule has 0 aromatic rings. The van der Waals surface area contributed by atoms with Gasteiger partial charge in [0.25, 0.3) is 0 Å². The second-order valence-electron chi connectivity index (χ2n) is 0. The van der Waals surface area contributed by atoms with Crippen molar-refractivity contribution in [2.75, 3.05) is 0 Å². The molecule has 0 aliphatic rings. The summed E-state index contributed by atoms with van der Waals surface area (Å²) >= 11 is 2.72. The van der Waals surface area contributed by atoms with E-state index in [-0.39, 0.29) is 22.8 Å². The summed E-state index contributed by atoms with van der Waals surface area (Å²) in [7, 11) is 4.39. The van der Waals surface area contributed by atoms with Crippen LogP contribution in [0.2, 0.25) is 0 Å². The van der Waals surface area contributed by atoms with E-state index >= 15 is 0 Å². The van der Waals surface area contributed by atoms with Crippen molar-refractivity contribution in [3.63, 3.8) is 0 Å². The average molecular weight is 139 g/mol. The van der Waals surface area contributed by atoms with Gasteiger partial charge in [0.15, 0.2) is 17.4 Å². The Bertz CT molecular complexity index is 8.00. The number of hydrogen-bond donors (Lipinski definition) is 0. The zero-order valence-electron chi connectivity index (χ0n) is 1.23.